The molecular weight excluding hydrogens is 398 g/mol. The Labute approximate surface area is 179 Å². The molecule has 0 amide bonds. The Morgan fingerprint density at radius 2 is 1.77 bits per heavy atom. The number of nitrogens with zero attached hydrogens (tertiary/aromatic N) is 3. The molecular formula is C23H25N3O5. The molecule has 2 aliphatic rings. The summed E-state index contributed by atoms with van der Waals surface area (Å²) < 4.78 is 19.0. The maximum absolute atomic E-state index is 11.8. The first-order valence-corrected chi connectivity index (χ1v) is 10.8. The lowest BCUT2D eigenvalue weighted by Gasteiger charge is -2.23. The van der Waals surface area contributed by atoms with Crippen LogP contribution in [0.15, 0.2) is 42.6 Å². The maximum Gasteiger partial charge on any atom is 0.281 e. The van der Waals surface area contributed by atoms with E-state index in [0.29, 0.717) is 17.5 Å². The first kappa shape index (κ1) is 20.0. The Morgan fingerprint density at radius 1 is 1.00 bits per heavy atom. The van der Waals surface area contributed by atoms with Crippen LogP contribution >= 0.6 is 0 Å². The maximum atomic E-state index is 11.8. The summed E-state index contributed by atoms with van der Waals surface area (Å²) in [6.07, 6.45) is 7.38. The molecule has 2 fully saturated rings. The van der Waals surface area contributed by atoms with Crippen molar-refractivity contribution >= 4 is 16.6 Å². The number of nitro benzene ring substituents is 1. The van der Waals surface area contributed by atoms with E-state index in [9.17, 15) is 10.1 Å². The largest absolute Gasteiger partial charge is 0.465 e. The van der Waals surface area contributed by atoms with Crippen molar-refractivity contribution in [3.05, 3.63) is 52.7 Å². The quantitative estimate of drug-likeness (QED) is 0.413. The van der Waals surface area contributed by atoms with E-state index in [4.69, 9.17) is 14.2 Å². The smallest absolute Gasteiger partial charge is 0.281 e. The van der Waals surface area contributed by atoms with Crippen molar-refractivity contribution in [2.75, 3.05) is 13.2 Å². The van der Waals surface area contributed by atoms with Gasteiger partial charge in [0.25, 0.3) is 5.69 Å². The predicted octanol–water partition coefficient (Wildman–Crippen LogP) is 5.22. The SMILES string of the molecule is O=[N+]([O-])c1cc(-c2ccc(OC3CCCCO3)cc2)cc2nn(C3CCCCO3)cc12. The minimum absolute atomic E-state index is 0.0468. The number of aromatic nitrogens is 2. The third-order valence-electron chi connectivity index (χ3n) is 5.86. The van der Waals surface area contributed by atoms with Crippen LogP contribution in [0.2, 0.25) is 0 Å². The molecule has 8 nitrogen and oxygen atoms in total. The molecule has 5 rings (SSSR count). The number of fused-ring (bicyclic) bond motifs is 1. The number of hydrogen-bond acceptors (Lipinski definition) is 6. The molecule has 1 aromatic heterocycles. The normalized spacial score (nSPS) is 21.8. The van der Waals surface area contributed by atoms with Gasteiger partial charge >= 0.3 is 0 Å². The van der Waals surface area contributed by atoms with E-state index in [-0.39, 0.29) is 23.1 Å². The first-order chi connectivity index (χ1) is 15.2. The molecule has 162 valence electrons. The molecule has 31 heavy (non-hydrogen) atoms. The fourth-order valence-corrected chi connectivity index (χ4v) is 4.20. The average molecular weight is 423 g/mol. The molecule has 2 saturated heterocycles. The zero-order chi connectivity index (χ0) is 21.2. The standard InChI is InChI=1S/C23H25N3O5/c27-26(28)21-14-17(13-20-19(21)15-25(24-20)22-5-1-3-11-29-22)16-7-9-18(10-8-16)31-23-6-2-4-12-30-23/h7-10,13-15,22-23H,1-6,11-12H2. The minimum atomic E-state index is -0.350. The summed E-state index contributed by atoms with van der Waals surface area (Å²) in [6, 6.07) is 11.1. The number of benzene rings is 2. The molecule has 0 aliphatic carbocycles. The molecule has 2 aliphatic heterocycles. The van der Waals surface area contributed by atoms with E-state index in [1.54, 1.807) is 16.9 Å². The van der Waals surface area contributed by atoms with E-state index in [1.807, 2.05) is 30.3 Å². The monoisotopic (exact) mass is 423 g/mol. The Morgan fingerprint density at radius 3 is 2.45 bits per heavy atom. The number of hydrogen-bond donors (Lipinski definition) is 0. The van der Waals surface area contributed by atoms with Crippen molar-refractivity contribution < 1.29 is 19.1 Å². The van der Waals surface area contributed by atoms with Gasteiger partial charge in [0.15, 0.2) is 6.29 Å². The van der Waals surface area contributed by atoms with Gasteiger partial charge in [0.2, 0.25) is 0 Å². The van der Waals surface area contributed by atoms with E-state index >= 15 is 0 Å². The van der Waals surface area contributed by atoms with Gasteiger partial charge in [0.05, 0.1) is 22.4 Å². The van der Waals surface area contributed by atoms with Crippen LogP contribution < -0.4 is 4.74 Å². The summed E-state index contributed by atoms with van der Waals surface area (Å²) in [5, 5.41) is 16.9. The number of nitro groups is 1. The molecule has 3 aromatic rings. The minimum Gasteiger partial charge on any atom is -0.465 e. The molecule has 0 N–H and O–H groups in total. The van der Waals surface area contributed by atoms with Crippen LogP contribution in [-0.4, -0.2) is 34.2 Å². The van der Waals surface area contributed by atoms with Crippen molar-refractivity contribution in [3.8, 4) is 16.9 Å². The molecule has 2 aromatic carbocycles. The van der Waals surface area contributed by atoms with Crippen LogP contribution in [0.3, 0.4) is 0 Å². The second kappa shape index (κ2) is 8.64. The van der Waals surface area contributed by atoms with Crippen LogP contribution in [0.5, 0.6) is 5.75 Å². The topological polar surface area (TPSA) is 88.7 Å². The molecule has 2 unspecified atom stereocenters. The lowest BCUT2D eigenvalue weighted by Crippen LogP contribution is -2.24. The Hall–Kier alpha value is -2.97. The third-order valence-corrected chi connectivity index (χ3v) is 5.86. The van der Waals surface area contributed by atoms with Gasteiger partial charge in [-0.25, -0.2) is 4.68 Å². The highest BCUT2D eigenvalue weighted by Crippen LogP contribution is 2.34. The van der Waals surface area contributed by atoms with Gasteiger partial charge in [-0.3, -0.25) is 10.1 Å². The van der Waals surface area contributed by atoms with Crippen molar-refractivity contribution in [1.29, 1.82) is 0 Å². The Kier molecular flexibility index (Phi) is 5.57. The Balaban J connectivity index is 1.44. The number of rotatable bonds is 5. The summed E-state index contributed by atoms with van der Waals surface area (Å²) >= 11 is 0. The molecule has 0 bridgehead atoms. The lowest BCUT2D eigenvalue weighted by molar-refractivity contribution is -0.383. The van der Waals surface area contributed by atoms with Gasteiger partial charge in [-0.05, 0) is 61.4 Å². The van der Waals surface area contributed by atoms with Gasteiger partial charge in [0.1, 0.15) is 12.0 Å². The second-order valence-corrected chi connectivity index (χ2v) is 8.05. The Bertz CT molecular complexity index is 1070. The molecule has 0 spiro atoms. The van der Waals surface area contributed by atoms with Crippen LogP contribution in [0.4, 0.5) is 5.69 Å². The van der Waals surface area contributed by atoms with Crippen LogP contribution in [0.1, 0.15) is 44.8 Å². The predicted molar refractivity (Wildman–Crippen MR) is 115 cm³/mol. The number of ether oxygens (including phenoxy) is 3. The number of non-ortho nitro benzene ring substituents is 1. The highest BCUT2D eigenvalue weighted by atomic mass is 16.7. The highest BCUT2D eigenvalue weighted by Gasteiger charge is 2.22. The van der Waals surface area contributed by atoms with Crippen molar-refractivity contribution in [2.24, 2.45) is 0 Å². The summed E-state index contributed by atoms with van der Waals surface area (Å²) in [4.78, 5) is 11.4. The molecule has 0 radical (unpaired) electrons. The zero-order valence-electron chi connectivity index (χ0n) is 17.2. The lowest BCUT2D eigenvalue weighted by atomic mass is 10.0. The van der Waals surface area contributed by atoms with Gasteiger partial charge < -0.3 is 14.2 Å². The van der Waals surface area contributed by atoms with E-state index in [1.165, 1.54) is 0 Å². The molecule has 2 atom stereocenters. The van der Waals surface area contributed by atoms with Gasteiger partial charge in [-0.15, -0.1) is 0 Å². The van der Waals surface area contributed by atoms with Crippen LogP contribution in [-0.2, 0) is 9.47 Å². The second-order valence-electron chi connectivity index (χ2n) is 8.05. The summed E-state index contributed by atoms with van der Waals surface area (Å²) in [5.74, 6) is 0.727. The molecule has 3 heterocycles. The van der Waals surface area contributed by atoms with Crippen molar-refractivity contribution in [1.82, 2.24) is 9.78 Å². The van der Waals surface area contributed by atoms with Crippen LogP contribution in [0, 0.1) is 10.1 Å². The highest BCUT2D eigenvalue weighted by molar-refractivity contribution is 5.92. The van der Waals surface area contributed by atoms with Gasteiger partial charge in [-0.1, -0.05) is 12.1 Å². The van der Waals surface area contributed by atoms with Gasteiger partial charge in [-0.2, -0.15) is 5.10 Å². The van der Waals surface area contributed by atoms with Gasteiger partial charge in [0, 0.05) is 25.3 Å². The zero-order valence-corrected chi connectivity index (χ0v) is 17.2. The third kappa shape index (κ3) is 4.26. The molecule has 0 saturated carbocycles. The summed E-state index contributed by atoms with van der Waals surface area (Å²) in [7, 11) is 0. The van der Waals surface area contributed by atoms with E-state index in [0.717, 1.165) is 62.0 Å². The summed E-state index contributed by atoms with van der Waals surface area (Å²) in [5.41, 5.74) is 2.25. The fraction of sp³-hybridized carbons (Fsp3) is 0.435. The fourth-order valence-electron chi connectivity index (χ4n) is 4.20. The average Bonchev–Trinajstić information content (AvgIpc) is 3.24. The van der Waals surface area contributed by atoms with Crippen molar-refractivity contribution in [3.63, 3.8) is 0 Å². The van der Waals surface area contributed by atoms with Crippen LogP contribution in [0.25, 0.3) is 22.0 Å². The van der Waals surface area contributed by atoms with E-state index < -0.39 is 0 Å². The van der Waals surface area contributed by atoms with E-state index in [2.05, 4.69) is 5.10 Å². The summed E-state index contributed by atoms with van der Waals surface area (Å²) in [6.45, 7) is 1.42. The first-order valence-electron chi connectivity index (χ1n) is 10.8. The van der Waals surface area contributed by atoms with Crippen molar-refractivity contribution in [2.45, 2.75) is 51.0 Å². The molecule has 8 heteroatoms.